The molecule has 1 unspecified atom stereocenters. The Morgan fingerprint density at radius 3 is 2.77 bits per heavy atom. The van der Waals surface area contributed by atoms with Crippen LogP contribution in [0.4, 0.5) is 0 Å². The molecular formula is C14H20N4O2S2. The molecule has 1 fully saturated rings. The van der Waals surface area contributed by atoms with Crippen molar-refractivity contribution in [2.24, 2.45) is 7.05 Å². The smallest absolute Gasteiger partial charge is 0.153 e. The monoisotopic (exact) mass is 340 g/mol. The van der Waals surface area contributed by atoms with E-state index >= 15 is 0 Å². The van der Waals surface area contributed by atoms with Gasteiger partial charge in [-0.15, -0.1) is 11.3 Å². The van der Waals surface area contributed by atoms with Crippen LogP contribution in [-0.2, 0) is 23.4 Å². The lowest BCUT2D eigenvalue weighted by Gasteiger charge is -2.34. The Labute approximate surface area is 134 Å². The number of hydrogen-bond donors (Lipinski definition) is 0. The van der Waals surface area contributed by atoms with Gasteiger partial charge in [0.1, 0.15) is 5.01 Å². The summed E-state index contributed by atoms with van der Waals surface area (Å²) in [4.78, 5) is 8.00. The minimum atomic E-state index is -2.99. The van der Waals surface area contributed by atoms with Crippen molar-refractivity contribution in [3.8, 4) is 0 Å². The Hall–Kier alpha value is -1.25. The lowest BCUT2D eigenvalue weighted by atomic mass is 10.1. The number of aryl methyl sites for hydroxylation is 3. The molecule has 0 aliphatic carbocycles. The first-order valence-electron chi connectivity index (χ1n) is 7.20. The van der Waals surface area contributed by atoms with Crippen LogP contribution in [0.3, 0.4) is 0 Å². The highest BCUT2D eigenvalue weighted by Crippen LogP contribution is 2.29. The predicted octanol–water partition coefficient (Wildman–Crippen LogP) is 1.47. The van der Waals surface area contributed by atoms with E-state index in [2.05, 4.69) is 21.9 Å². The van der Waals surface area contributed by atoms with E-state index in [4.69, 9.17) is 0 Å². The molecule has 2 aromatic heterocycles. The molecule has 1 aliphatic heterocycles. The Morgan fingerprint density at radius 2 is 2.18 bits per heavy atom. The number of rotatable bonds is 3. The lowest BCUT2D eigenvalue weighted by Crippen LogP contribution is -2.42. The van der Waals surface area contributed by atoms with Crippen molar-refractivity contribution in [3.63, 3.8) is 0 Å². The molecule has 1 saturated heterocycles. The van der Waals surface area contributed by atoms with Gasteiger partial charge in [-0.3, -0.25) is 9.58 Å². The zero-order valence-corrected chi connectivity index (χ0v) is 14.6. The van der Waals surface area contributed by atoms with Crippen LogP contribution in [0.5, 0.6) is 0 Å². The molecule has 120 valence electrons. The van der Waals surface area contributed by atoms with Crippen LogP contribution in [0.1, 0.15) is 27.2 Å². The fraction of sp³-hybridized carbons (Fsp3) is 0.571. The summed E-state index contributed by atoms with van der Waals surface area (Å²) in [5.74, 6) is 0.370. The standard InChI is InChI=1S/C14H20N4O2S2/c1-10-11(2)21-14(16-10)8-18-4-5-22(19,20)9-13(18)12-6-15-17(3)7-12/h6-7,13H,4-5,8-9H2,1-3H3. The summed E-state index contributed by atoms with van der Waals surface area (Å²) in [6.45, 7) is 5.30. The molecule has 1 aliphatic rings. The highest BCUT2D eigenvalue weighted by Gasteiger charge is 2.33. The zero-order chi connectivity index (χ0) is 15.9. The average molecular weight is 340 g/mol. The summed E-state index contributed by atoms with van der Waals surface area (Å²) < 4.78 is 25.8. The summed E-state index contributed by atoms with van der Waals surface area (Å²) in [6, 6.07) is -0.142. The second kappa shape index (κ2) is 5.75. The molecule has 22 heavy (non-hydrogen) atoms. The normalized spacial score (nSPS) is 22.0. The van der Waals surface area contributed by atoms with Gasteiger partial charge in [0, 0.05) is 30.2 Å². The molecule has 0 saturated carbocycles. The van der Waals surface area contributed by atoms with Crippen molar-refractivity contribution in [3.05, 3.63) is 33.5 Å². The summed E-state index contributed by atoms with van der Waals surface area (Å²) in [5.41, 5.74) is 2.01. The fourth-order valence-corrected chi connectivity index (χ4v) is 5.25. The molecular weight excluding hydrogens is 320 g/mol. The molecule has 1 atom stereocenters. The van der Waals surface area contributed by atoms with E-state index in [0.29, 0.717) is 13.1 Å². The van der Waals surface area contributed by atoms with Gasteiger partial charge in [0.15, 0.2) is 9.84 Å². The van der Waals surface area contributed by atoms with Crippen LogP contribution in [0.25, 0.3) is 0 Å². The first kappa shape index (κ1) is 15.6. The van der Waals surface area contributed by atoms with Crippen molar-refractivity contribution in [1.29, 1.82) is 0 Å². The van der Waals surface area contributed by atoms with Gasteiger partial charge >= 0.3 is 0 Å². The van der Waals surface area contributed by atoms with E-state index in [-0.39, 0.29) is 17.5 Å². The minimum Gasteiger partial charge on any atom is -0.288 e. The van der Waals surface area contributed by atoms with Gasteiger partial charge in [-0.25, -0.2) is 13.4 Å². The van der Waals surface area contributed by atoms with Gasteiger partial charge < -0.3 is 0 Å². The van der Waals surface area contributed by atoms with Crippen LogP contribution in [0, 0.1) is 13.8 Å². The van der Waals surface area contributed by atoms with Gasteiger partial charge in [0.05, 0.1) is 36.0 Å². The van der Waals surface area contributed by atoms with Gasteiger partial charge in [0.25, 0.3) is 0 Å². The molecule has 0 spiro atoms. The van der Waals surface area contributed by atoms with E-state index in [1.54, 1.807) is 22.2 Å². The van der Waals surface area contributed by atoms with Crippen LogP contribution in [0.2, 0.25) is 0 Å². The Bertz CT molecular complexity index is 759. The van der Waals surface area contributed by atoms with Crippen LogP contribution in [0.15, 0.2) is 12.4 Å². The van der Waals surface area contributed by atoms with Crippen LogP contribution in [-0.4, -0.2) is 46.1 Å². The maximum absolute atomic E-state index is 12.0. The van der Waals surface area contributed by atoms with Crippen molar-refractivity contribution >= 4 is 21.2 Å². The van der Waals surface area contributed by atoms with E-state index < -0.39 is 9.84 Å². The van der Waals surface area contributed by atoms with Crippen LogP contribution >= 0.6 is 11.3 Å². The minimum absolute atomic E-state index is 0.142. The van der Waals surface area contributed by atoms with Crippen molar-refractivity contribution in [2.45, 2.75) is 26.4 Å². The highest BCUT2D eigenvalue weighted by atomic mass is 32.2. The number of aromatic nitrogens is 3. The van der Waals surface area contributed by atoms with Gasteiger partial charge in [-0.2, -0.15) is 5.10 Å². The first-order chi connectivity index (χ1) is 10.3. The maximum atomic E-state index is 12.0. The third-order valence-corrected chi connectivity index (χ3v) is 6.75. The quantitative estimate of drug-likeness (QED) is 0.846. The Kier molecular flexibility index (Phi) is 4.09. The highest BCUT2D eigenvalue weighted by molar-refractivity contribution is 7.91. The molecule has 0 amide bonds. The predicted molar refractivity (Wildman–Crippen MR) is 86.6 cm³/mol. The van der Waals surface area contributed by atoms with E-state index in [1.165, 1.54) is 4.88 Å². The Morgan fingerprint density at radius 1 is 1.41 bits per heavy atom. The summed E-state index contributed by atoms with van der Waals surface area (Å²) in [6.07, 6.45) is 3.66. The molecule has 0 aromatic carbocycles. The maximum Gasteiger partial charge on any atom is 0.153 e. The fourth-order valence-electron chi connectivity index (χ4n) is 2.73. The second-order valence-corrected chi connectivity index (χ2v) is 9.31. The molecule has 0 radical (unpaired) electrons. The summed E-state index contributed by atoms with van der Waals surface area (Å²) in [7, 11) is -1.15. The molecule has 3 heterocycles. The summed E-state index contributed by atoms with van der Waals surface area (Å²) in [5, 5.41) is 5.23. The third-order valence-electron chi connectivity index (χ3n) is 4.06. The second-order valence-electron chi connectivity index (χ2n) is 5.80. The molecule has 8 heteroatoms. The number of hydrogen-bond acceptors (Lipinski definition) is 6. The summed E-state index contributed by atoms with van der Waals surface area (Å²) >= 11 is 1.69. The van der Waals surface area contributed by atoms with Crippen molar-refractivity contribution in [2.75, 3.05) is 18.1 Å². The Balaban J connectivity index is 1.87. The molecule has 2 aromatic rings. The first-order valence-corrected chi connectivity index (χ1v) is 9.84. The number of sulfone groups is 1. The zero-order valence-electron chi connectivity index (χ0n) is 13.0. The number of nitrogens with zero attached hydrogens (tertiary/aromatic N) is 4. The van der Waals surface area contributed by atoms with Gasteiger partial charge in [0.2, 0.25) is 0 Å². The average Bonchev–Trinajstić information content (AvgIpc) is 2.99. The van der Waals surface area contributed by atoms with Crippen molar-refractivity contribution in [1.82, 2.24) is 19.7 Å². The van der Waals surface area contributed by atoms with Crippen molar-refractivity contribution < 1.29 is 8.42 Å². The SMILES string of the molecule is Cc1nc(CN2CCS(=O)(=O)CC2c2cnn(C)c2)sc1C. The largest absolute Gasteiger partial charge is 0.288 e. The molecule has 0 N–H and O–H groups in total. The topological polar surface area (TPSA) is 68.1 Å². The molecule has 6 nitrogen and oxygen atoms in total. The lowest BCUT2D eigenvalue weighted by molar-refractivity contribution is 0.206. The van der Waals surface area contributed by atoms with E-state index in [1.807, 2.05) is 20.2 Å². The van der Waals surface area contributed by atoms with Gasteiger partial charge in [-0.05, 0) is 13.8 Å². The molecule has 3 rings (SSSR count). The third kappa shape index (κ3) is 3.23. The van der Waals surface area contributed by atoms with E-state index in [9.17, 15) is 8.42 Å². The number of thiazole rings is 1. The van der Waals surface area contributed by atoms with Crippen LogP contribution < -0.4 is 0 Å². The van der Waals surface area contributed by atoms with Gasteiger partial charge in [-0.1, -0.05) is 0 Å². The molecule has 0 bridgehead atoms. The van der Waals surface area contributed by atoms with E-state index in [0.717, 1.165) is 16.3 Å².